The van der Waals surface area contributed by atoms with E-state index < -0.39 is 5.38 Å². The zero-order valence-electron chi connectivity index (χ0n) is 6.64. The first-order chi connectivity index (χ1) is 6.13. The van der Waals surface area contributed by atoms with Gasteiger partial charge in [-0.1, -0.05) is 22.0 Å². The van der Waals surface area contributed by atoms with Crippen LogP contribution in [0.2, 0.25) is 0 Å². The van der Waals surface area contributed by atoms with Crippen molar-refractivity contribution in [3.05, 3.63) is 31.8 Å². The first-order valence-corrected chi connectivity index (χ1v) is 5.97. The molecule has 0 saturated carbocycles. The van der Waals surface area contributed by atoms with E-state index in [1.54, 1.807) is 0 Å². The zero-order valence-corrected chi connectivity index (χ0v) is 11.1. The molecule has 0 aliphatic heterocycles. The molecule has 0 aliphatic rings. The van der Waals surface area contributed by atoms with Crippen molar-refractivity contribution in [2.75, 3.05) is 0 Å². The van der Waals surface area contributed by atoms with E-state index in [1.807, 2.05) is 18.2 Å². The standard InChI is InChI=1S/C9H7BrClIO/c10-9-4-8(12)2-1-6(9)3-7(11)5-13/h1-2,4-5,7H,3H2. The quantitative estimate of drug-likeness (QED) is 0.451. The number of carbonyl (C=O) groups excluding carboxylic acids is 1. The highest BCUT2D eigenvalue weighted by Gasteiger charge is 2.07. The summed E-state index contributed by atoms with van der Waals surface area (Å²) in [5.41, 5.74) is 1.06. The van der Waals surface area contributed by atoms with E-state index in [0.717, 1.165) is 19.9 Å². The number of aldehydes is 1. The van der Waals surface area contributed by atoms with Gasteiger partial charge in [-0.25, -0.2) is 0 Å². The largest absolute Gasteiger partial charge is 0.302 e. The molecule has 1 aromatic carbocycles. The number of hydrogen-bond acceptors (Lipinski definition) is 1. The van der Waals surface area contributed by atoms with Crippen LogP contribution in [0.25, 0.3) is 0 Å². The number of rotatable bonds is 3. The highest BCUT2D eigenvalue weighted by molar-refractivity contribution is 14.1. The molecule has 4 heteroatoms. The molecule has 0 spiro atoms. The van der Waals surface area contributed by atoms with Crippen molar-refractivity contribution >= 4 is 56.4 Å². The number of benzene rings is 1. The Kier molecular flexibility index (Phi) is 4.69. The smallest absolute Gasteiger partial charge is 0.138 e. The summed E-state index contributed by atoms with van der Waals surface area (Å²) in [5.74, 6) is 0. The Bertz CT molecular complexity index is 316. The maximum atomic E-state index is 10.3. The van der Waals surface area contributed by atoms with Crippen LogP contribution in [0.3, 0.4) is 0 Å². The molecule has 0 radical (unpaired) electrons. The van der Waals surface area contributed by atoms with Crippen molar-refractivity contribution in [1.29, 1.82) is 0 Å². The van der Waals surface area contributed by atoms with E-state index in [-0.39, 0.29) is 0 Å². The van der Waals surface area contributed by atoms with Crippen LogP contribution in [0, 0.1) is 3.57 Å². The molecule has 0 aromatic heterocycles. The van der Waals surface area contributed by atoms with Gasteiger partial charge >= 0.3 is 0 Å². The fraction of sp³-hybridized carbons (Fsp3) is 0.222. The molecular weight excluding hydrogens is 366 g/mol. The normalized spacial score (nSPS) is 12.5. The van der Waals surface area contributed by atoms with Crippen LogP contribution in [0.15, 0.2) is 22.7 Å². The van der Waals surface area contributed by atoms with Gasteiger partial charge < -0.3 is 4.79 Å². The van der Waals surface area contributed by atoms with E-state index in [1.165, 1.54) is 0 Å². The molecule has 1 nitrogen and oxygen atoms in total. The maximum Gasteiger partial charge on any atom is 0.138 e. The molecule has 0 N–H and O–H groups in total. The Morgan fingerprint density at radius 1 is 1.62 bits per heavy atom. The topological polar surface area (TPSA) is 17.1 Å². The van der Waals surface area contributed by atoms with Crippen LogP contribution in [0.1, 0.15) is 5.56 Å². The van der Waals surface area contributed by atoms with Crippen LogP contribution >= 0.6 is 50.1 Å². The third kappa shape index (κ3) is 3.56. The van der Waals surface area contributed by atoms with E-state index in [2.05, 4.69) is 38.5 Å². The summed E-state index contributed by atoms with van der Waals surface area (Å²) in [4.78, 5) is 10.3. The Morgan fingerprint density at radius 2 is 2.31 bits per heavy atom. The third-order valence-electron chi connectivity index (χ3n) is 1.58. The minimum atomic E-state index is -0.434. The Hall–Kier alpha value is 0.390. The van der Waals surface area contributed by atoms with Gasteiger partial charge in [0.1, 0.15) is 6.29 Å². The molecule has 0 amide bonds. The molecular formula is C9H7BrClIO. The molecule has 13 heavy (non-hydrogen) atoms. The summed E-state index contributed by atoms with van der Waals surface area (Å²) >= 11 is 11.4. The first-order valence-electron chi connectivity index (χ1n) is 3.67. The molecule has 0 bridgehead atoms. The second-order valence-electron chi connectivity index (χ2n) is 2.59. The lowest BCUT2D eigenvalue weighted by molar-refractivity contribution is -0.107. The first kappa shape index (κ1) is 11.5. The predicted molar refractivity (Wildman–Crippen MR) is 66.3 cm³/mol. The minimum absolute atomic E-state index is 0.434. The fourth-order valence-corrected chi connectivity index (χ4v) is 2.57. The van der Waals surface area contributed by atoms with E-state index >= 15 is 0 Å². The van der Waals surface area contributed by atoms with Crippen molar-refractivity contribution in [3.8, 4) is 0 Å². The van der Waals surface area contributed by atoms with Crippen LogP contribution < -0.4 is 0 Å². The maximum absolute atomic E-state index is 10.3. The van der Waals surface area contributed by atoms with Gasteiger partial charge in [0.25, 0.3) is 0 Å². The summed E-state index contributed by atoms with van der Waals surface area (Å²) in [7, 11) is 0. The Balaban J connectivity index is 2.83. The van der Waals surface area contributed by atoms with Crippen molar-refractivity contribution in [1.82, 2.24) is 0 Å². The third-order valence-corrected chi connectivity index (χ3v) is 3.24. The van der Waals surface area contributed by atoms with Crippen LogP contribution in [-0.4, -0.2) is 11.7 Å². The molecule has 0 saturated heterocycles. The summed E-state index contributed by atoms with van der Waals surface area (Å²) < 4.78 is 2.16. The van der Waals surface area contributed by atoms with Crippen molar-refractivity contribution in [2.24, 2.45) is 0 Å². The summed E-state index contributed by atoms with van der Waals surface area (Å²) in [6.07, 6.45) is 1.33. The number of halogens is 3. The van der Waals surface area contributed by atoms with Gasteiger partial charge in [0.05, 0.1) is 5.38 Å². The lowest BCUT2D eigenvalue weighted by Gasteiger charge is -2.05. The van der Waals surface area contributed by atoms with Gasteiger partial charge in [0, 0.05) is 8.04 Å². The van der Waals surface area contributed by atoms with Gasteiger partial charge in [-0.2, -0.15) is 0 Å². The molecule has 1 aromatic rings. The number of alkyl halides is 1. The Labute approximate surface area is 104 Å². The van der Waals surface area contributed by atoms with Gasteiger partial charge in [-0.15, -0.1) is 11.6 Å². The molecule has 70 valence electrons. The van der Waals surface area contributed by atoms with Crippen molar-refractivity contribution < 1.29 is 4.79 Å². The summed E-state index contributed by atoms with van der Waals surface area (Å²) in [6, 6.07) is 5.98. The summed E-state index contributed by atoms with van der Waals surface area (Å²) in [6.45, 7) is 0. The average Bonchev–Trinajstić information content (AvgIpc) is 2.09. The minimum Gasteiger partial charge on any atom is -0.302 e. The second kappa shape index (κ2) is 5.32. The van der Waals surface area contributed by atoms with Crippen LogP contribution in [0.5, 0.6) is 0 Å². The second-order valence-corrected chi connectivity index (χ2v) is 5.25. The van der Waals surface area contributed by atoms with Crippen molar-refractivity contribution in [2.45, 2.75) is 11.8 Å². The highest BCUT2D eigenvalue weighted by atomic mass is 127. The fourth-order valence-electron chi connectivity index (χ4n) is 0.945. The lowest BCUT2D eigenvalue weighted by Crippen LogP contribution is -2.04. The molecule has 1 atom stereocenters. The van der Waals surface area contributed by atoms with Crippen LogP contribution in [0.4, 0.5) is 0 Å². The molecule has 0 aliphatic carbocycles. The molecule has 1 rings (SSSR count). The van der Waals surface area contributed by atoms with Gasteiger partial charge in [0.2, 0.25) is 0 Å². The monoisotopic (exact) mass is 372 g/mol. The van der Waals surface area contributed by atoms with Gasteiger partial charge in [-0.3, -0.25) is 0 Å². The average molecular weight is 373 g/mol. The SMILES string of the molecule is O=CC(Cl)Cc1ccc(I)cc1Br. The van der Waals surface area contributed by atoms with E-state index in [9.17, 15) is 4.79 Å². The van der Waals surface area contributed by atoms with E-state index in [0.29, 0.717) is 6.42 Å². The Morgan fingerprint density at radius 3 is 2.85 bits per heavy atom. The zero-order chi connectivity index (χ0) is 9.84. The molecule has 1 unspecified atom stereocenters. The predicted octanol–water partition coefficient (Wildman–Crippen LogP) is 3.40. The lowest BCUT2D eigenvalue weighted by atomic mass is 10.1. The summed E-state index contributed by atoms with van der Waals surface area (Å²) in [5, 5.41) is -0.434. The molecule has 0 fully saturated rings. The van der Waals surface area contributed by atoms with Crippen LogP contribution in [-0.2, 0) is 11.2 Å². The number of hydrogen-bond donors (Lipinski definition) is 0. The van der Waals surface area contributed by atoms with Gasteiger partial charge in [0.15, 0.2) is 0 Å². The van der Waals surface area contributed by atoms with E-state index in [4.69, 9.17) is 11.6 Å². The molecule has 0 heterocycles. The highest BCUT2D eigenvalue weighted by Crippen LogP contribution is 2.21. The number of carbonyl (C=O) groups is 1. The van der Waals surface area contributed by atoms with Gasteiger partial charge in [-0.05, 0) is 46.7 Å². The van der Waals surface area contributed by atoms with Crippen molar-refractivity contribution in [3.63, 3.8) is 0 Å².